The lowest BCUT2D eigenvalue weighted by Crippen LogP contribution is -2.51. The Labute approximate surface area is 188 Å². The summed E-state index contributed by atoms with van der Waals surface area (Å²) in [7, 11) is -3.96. The van der Waals surface area contributed by atoms with Crippen LogP contribution >= 0.6 is 0 Å². The van der Waals surface area contributed by atoms with E-state index in [0.717, 1.165) is 44.2 Å². The van der Waals surface area contributed by atoms with Crippen LogP contribution in [0.3, 0.4) is 0 Å². The molecule has 0 heterocycles. The third-order valence-corrected chi connectivity index (χ3v) is 9.44. The first-order chi connectivity index (χ1) is 14.7. The summed E-state index contributed by atoms with van der Waals surface area (Å²) in [6, 6.07) is 3.90. The van der Waals surface area contributed by atoms with Crippen LogP contribution in [0.1, 0.15) is 77.2 Å². The molecule has 0 saturated heterocycles. The average molecular weight is 475 g/mol. The molecule has 0 spiro atoms. The molecule has 32 heavy (non-hydrogen) atoms. The van der Waals surface area contributed by atoms with Crippen LogP contribution < -0.4 is 11.1 Å². The van der Waals surface area contributed by atoms with Crippen molar-refractivity contribution >= 4 is 15.7 Å². The quantitative estimate of drug-likeness (QED) is 0.605. The van der Waals surface area contributed by atoms with Crippen LogP contribution in [0.25, 0.3) is 0 Å². The van der Waals surface area contributed by atoms with Crippen LogP contribution in [0.5, 0.6) is 0 Å². The monoisotopic (exact) mass is 474 g/mol. The third kappa shape index (κ3) is 5.65. The van der Waals surface area contributed by atoms with Crippen LogP contribution in [-0.4, -0.2) is 30.7 Å². The maximum atomic E-state index is 13.1. The zero-order chi connectivity index (χ0) is 23.8. The number of halogens is 3. The molecule has 0 unspecified atom stereocenters. The van der Waals surface area contributed by atoms with Crippen molar-refractivity contribution in [3.63, 3.8) is 0 Å². The van der Waals surface area contributed by atoms with Crippen molar-refractivity contribution in [3.05, 3.63) is 29.8 Å². The van der Waals surface area contributed by atoms with Crippen molar-refractivity contribution in [2.45, 2.75) is 99.0 Å². The molecule has 3 N–H and O–H groups in total. The molecular formula is C23H33F3N2O3S. The highest BCUT2D eigenvalue weighted by Gasteiger charge is 2.43. The number of nitrogens with two attached hydrogens (primary N) is 1. The Morgan fingerprint density at radius 2 is 1.78 bits per heavy atom. The van der Waals surface area contributed by atoms with Gasteiger partial charge in [0.05, 0.1) is 15.2 Å². The molecule has 1 amide bonds. The number of nitrogens with one attached hydrogen (secondary N) is 1. The molecule has 0 bridgehead atoms. The molecule has 1 aromatic rings. The molecule has 2 aliphatic carbocycles. The van der Waals surface area contributed by atoms with Gasteiger partial charge in [0.2, 0.25) is 5.91 Å². The van der Waals surface area contributed by atoms with Gasteiger partial charge in [0.25, 0.3) is 0 Å². The summed E-state index contributed by atoms with van der Waals surface area (Å²) >= 11 is 0. The Kier molecular flexibility index (Phi) is 7.01. The molecule has 2 saturated carbocycles. The van der Waals surface area contributed by atoms with Gasteiger partial charge in [-0.15, -0.1) is 0 Å². The molecule has 0 aliphatic heterocycles. The summed E-state index contributed by atoms with van der Waals surface area (Å²) in [6.45, 7) is 3.10. The number of carbonyl (C=O) groups excluding carboxylic acids is 1. The summed E-state index contributed by atoms with van der Waals surface area (Å²) < 4.78 is 64.0. The van der Waals surface area contributed by atoms with E-state index in [-0.39, 0.29) is 22.8 Å². The van der Waals surface area contributed by atoms with Gasteiger partial charge in [-0.2, -0.15) is 13.2 Å². The number of rotatable bonds is 7. The fraction of sp³-hybridized carbons (Fsp3) is 0.696. The van der Waals surface area contributed by atoms with E-state index in [1.807, 2.05) is 0 Å². The molecule has 2 fully saturated rings. The van der Waals surface area contributed by atoms with Gasteiger partial charge in [0.15, 0.2) is 9.84 Å². The Hall–Kier alpha value is -1.61. The lowest BCUT2D eigenvalue weighted by atomic mass is 9.75. The van der Waals surface area contributed by atoms with Gasteiger partial charge < -0.3 is 11.1 Å². The first kappa shape index (κ1) is 25.0. The van der Waals surface area contributed by atoms with Crippen molar-refractivity contribution in [1.82, 2.24) is 5.32 Å². The number of alkyl halides is 3. The van der Waals surface area contributed by atoms with E-state index in [1.165, 1.54) is 6.07 Å². The van der Waals surface area contributed by atoms with Crippen molar-refractivity contribution in [3.8, 4) is 0 Å². The number of amides is 1. The molecule has 3 rings (SSSR count). The molecule has 0 atom stereocenters. The number of carbonyl (C=O) groups is 1. The van der Waals surface area contributed by atoms with E-state index in [0.29, 0.717) is 31.7 Å². The minimum absolute atomic E-state index is 0.00764. The van der Waals surface area contributed by atoms with Gasteiger partial charge in [0.1, 0.15) is 0 Å². The van der Waals surface area contributed by atoms with E-state index in [9.17, 15) is 26.4 Å². The highest BCUT2D eigenvalue weighted by molar-refractivity contribution is 7.92. The predicted molar refractivity (Wildman–Crippen MR) is 117 cm³/mol. The smallest absolute Gasteiger partial charge is 0.353 e. The second-order valence-electron chi connectivity index (χ2n) is 10.2. The van der Waals surface area contributed by atoms with Crippen molar-refractivity contribution in [2.75, 3.05) is 0 Å². The molecular weight excluding hydrogens is 441 g/mol. The topological polar surface area (TPSA) is 89.3 Å². The lowest BCUT2D eigenvalue weighted by Gasteiger charge is -2.41. The van der Waals surface area contributed by atoms with E-state index in [4.69, 9.17) is 5.73 Å². The van der Waals surface area contributed by atoms with Crippen LogP contribution in [0, 0.1) is 5.92 Å². The predicted octanol–water partition coefficient (Wildman–Crippen LogP) is 4.59. The molecule has 5 nitrogen and oxygen atoms in total. The lowest BCUT2D eigenvalue weighted by molar-refractivity contribution is -0.137. The zero-order valence-corrected chi connectivity index (χ0v) is 19.5. The first-order valence-electron chi connectivity index (χ1n) is 11.2. The minimum atomic E-state index is -4.60. The van der Waals surface area contributed by atoms with Crippen molar-refractivity contribution in [2.24, 2.45) is 11.7 Å². The van der Waals surface area contributed by atoms with Crippen LogP contribution in [0.15, 0.2) is 29.2 Å². The van der Waals surface area contributed by atoms with Gasteiger partial charge in [-0.25, -0.2) is 8.42 Å². The number of hydrogen-bond acceptors (Lipinski definition) is 4. The summed E-state index contributed by atoms with van der Waals surface area (Å²) in [5.74, 6) is 0.0195. The Morgan fingerprint density at radius 3 is 2.38 bits per heavy atom. The summed E-state index contributed by atoms with van der Waals surface area (Å²) in [4.78, 5) is 12.1. The number of hydrogen-bond donors (Lipinski definition) is 2. The minimum Gasteiger partial charge on any atom is -0.353 e. The number of sulfone groups is 1. The fourth-order valence-corrected chi connectivity index (χ4v) is 6.65. The first-order valence-corrected chi connectivity index (χ1v) is 12.7. The van der Waals surface area contributed by atoms with E-state index in [1.54, 1.807) is 13.8 Å². The fourth-order valence-electron chi connectivity index (χ4n) is 5.01. The van der Waals surface area contributed by atoms with E-state index in [2.05, 4.69) is 5.32 Å². The van der Waals surface area contributed by atoms with Gasteiger partial charge >= 0.3 is 6.18 Å². The van der Waals surface area contributed by atoms with Crippen LogP contribution in [-0.2, 0) is 20.8 Å². The van der Waals surface area contributed by atoms with Crippen LogP contribution in [0.4, 0.5) is 13.2 Å². The van der Waals surface area contributed by atoms with Gasteiger partial charge in [-0.3, -0.25) is 4.79 Å². The molecule has 2 aliphatic rings. The summed E-state index contributed by atoms with van der Waals surface area (Å²) in [6.07, 6.45) is 2.30. The third-order valence-electron chi connectivity index (χ3n) is 6.94. The van der Waals surface area contributed by atoms with Crippen molar-refractivity contribution < 1.29 is 26.4 Å². The number of benzene rings is 1. The maximum absolute atomic E-state index is 13.1. The Bertz CT molecular complexity index is 932. The SMILES string of the molecule is CC(C)(CC1CC(NC(=O)CC2(N)CCCCC2)C1)S(=O)(=O)c1cccc(C(F)(F)F)c1. The molecule has 1 aromatic carbocycles. The summed E-state index contributed by atoms with van der Waals surface area (Å²) in [5.41, 5.74) is 4.95. The highest BCUT2D eigenvalue weighted by Crippen LogP contribution is 2.40. The van der Waals surface area contributed by atoms with Gasteiger partial charge in [0, 0.05) is 18.0 Å². The Morgan fingerprint density at radius 1 is 1.16 bits per heavy atom. The van der Waals surface area contributed by atoms with E-state index < -0.39 is 31.9 Å². The van der Waals surface area contributed by atoms with Crippen molar-refractivity contribution in [1.29, 1.82) is 0 Å². The average Bonchev–Trinajstić information content (AvgIpc) is 2.65. The molecule has 0 radical (unpaired) electrons. The highest BCUT2D eigenvalue weighted by atomic mass is 32.2. The molecule has 180 valence electrons. The van der Waals surface area contributed by atoms with Crippen LogP contribution in [0.2, 0.25) is 0 Å². The molecule has 9 heteroatoms. The van der Waals surface area contributed by atoms with Gasteiger partial charge in [-0.05, 0) is 70.1 Å². The Balaban J connectivity index is 1.55. The van der Waals surface area contributed by atoms with E-state index >= 15 is 0 Å². The molecule has 0 aromatic heterocycles. The maximum Gasteiger partial charge on any atom is 0.416 e. The second-order valence-corrected chi connectivity index (χ2v) is 12.8. The largest absolute Gasteiger partial charge is 0.416 e. The summed E-state index contributed by atoms with van der Waals surface area (Å²) in [5, 5.41) is 3.01. The standard InChI is InChI=1S/C23H33F3N2O3S/c1-21(2,32(30,31)19-8-6-7-17(13-19)23(24,25)26)14-16-11-18(12-16)28-20(29)15-22(27)9-4-3-5-10-22/h6-8,13,16,18H,3-5,9-12,14-15,27H2,1-2H3,(H,28,29). The van der Waals surface area contributed by atoms with Gasteiger partial charge in [-0.1, -0.05) is 25.3 Å². The second kappa shape index (κ2) is 8.97. The normalized spacial score (nSPS) is 23.9. The zero-order valence-electron chi connectivity index (χ0n) is 18.7.